The van der Waals surface area contributed by atoms with Crippen molar-refractivity contribution < 1.29 is 4.42 Å². The molecule has 0 aliphatic rings. The summed E-state index contributed by atoms with van der Waals surface area (Å²) in [6.07, 6.45) is 5.64. The third-order valence-electron chi connectivity index (χ3n) is 4.84. The van der Waals surface area contributed by atoms with Crippen molar-refractivity contribution >= 4 is 51.5 Å². The molecule has 0 amide bonds. The minimum Gasteiger partial charge on any atom is -0.436 e. The van der Waals surface area contributed by atoms with Gasteiger partial charge in [-0.1, -0.05) is 60.1 Å². The predicted octanol–water partition coefficient (Wildman–Crippen LogP) is 7.72. The van der Waals surface area contributed by atoms with E-state index in [1.165, 1.54) is 5.39 Å². The Morgan fingerprint density at radius 2 is 1.67 bits per heavy atom. The number of fused-ring (bicyclic) bond motifs is 2. The molecule has 5 rings (SSSR count). The molecule has 4 heteroatoms. The molecule has 0 aliphatic carbocycles. The average molecular weight is 409 g/mol. The molecule has 0 radical (unpaired) electrons. The van der Waals surface area contributed by atoms with Gasteiger partial charge >= 0.3 is 0 Å². The van der Waals surface area contributed by atoms with Crippen molar-refractivity contribution in [2.45, 2.75) is 0 Å². The molecule has 30 heavy (non-hydrogen) atoms. The number of rotatable bonds is 4. The molecule has 0 bridgehead atoms. The van der Waals surface area contributed by atoms with E-state index in [-0.39, 0.29) is 0 Å². The number of aliphatic imine (C=N–C) groups is 1. The van der Waals surface area contributed by atoms with Gasteiger partial charge in [-0.25, -0.2) is 4.98 Å². The smallest absolute Gasteiger partial charge is 0.227 e. The fourth-order valence-electron chi connectivity index (χ4n) is 3.30. The van der Waals surface area contributed by atoms with Crippen molar-refractivity contribution in [2.24, 2.45) is 4.99 Å². The van der Waals surface area contributed by atoms with E-state index in [0.717, 1.165) is 38.3 Å². The molecule has 3 nitrogen and oxygen atoms in total. The van der Waals surface area contributed by atoms with E-state index in [0.29, 0.717) is 5.89 Å². The van der Waals surface area contributed by atoms with Gasteiger partial charge in [-0.3, -0.25) is 4.99 Å². The SMILES string of the molecule is Clc1ccc(C=CC=Nc2ccc3oc(-c4ccc5ccccc5c4)nc3c2)cc1. The maximum absolute atomic E-state index is 5.96. The van der Waals surface area contributed by atoms with Crippen LogP contribution in [0, 0.1) is 0 Å². The van der Waals surface area contributed by atoms with Crippen LogP contribution in [0.3, 0.4) is 0 Å². The second-order valence-electron chi connectivity index (χ2n) is 6.92. The number of halogens is 1. The van der Waals surface area contributed by atoms with Crippen LogP contribution in [0.25, 0.3) is 39.4 Å². The number of nitrogens with zero attached hydrogens (tertiary/aromatic N) is 2. The Kier molecular flexibility index (Phi) is 4.88. The maximum atomic E-state index is 5.96. The van der Waals surface area contributed by atoms with Gasteiger partial charge in [0, 0.05) is 16.8 Å². The quantitative estimate of drug-likeness (QED) is 0.285. The zero-order valence-corrected chi connectivity index (χ0v) is 16.8. The van der Waals surface area contributed by atoms with Crippen molar-refractivity contribution in [1.82, 2.24) is 4.98 Å². The Morgan fingerprint density at radius 3 is 2.53 bits per heavy atom. The van der Waals surface area contributed by atoms with Gasteiger partial charge in [0.05, 0.1) is 5.69 Å². The largest absolute Gasteiger partial charge is 0.436 e. The summed E-state index contributed by atoms with van der Waals surface area (Å²) in [5.74, 6) is 0.611. The molecule has 0 unspecified atom stereocenters. The Morgan fingerprint density at radius 1 is 0.833 bits per heavy atom. The first kappa shape index (κ1) is 18.3. The maximum Gasteiger partial charge on any atom is 0.227 e. The normalized spacial score (nSPS) is 11.9. The first-order valence-corrected chi connectivity index (χ1v) is 9.98. The highest BCUT2D eigenvalue weighted by molar-refractivity contribution is 6.30. The van der Waals surface area contributed by atoms with Gasteiger partial charge < -0.3 is 4.42 Å². The Labute approximate surface area is 179 Å². The summed E-state index contributed by atoms with van der Waals surface area (Å²) in [4.78, 5) is 9.16. The van der Waals surface area contributed by atoms with Crippen molar-refractivity contribution in [3.63, 3.8) is 0 Å². The third kappa shape index (κ3) is 3.88. The molecule has 0 aliphatic heterocycles. The summed E-state index contributed by atoms with van der Waals surface area (Å²) in [6.45, 7) is 0. The van der Waals surface area contributed by atoms with Gasteiger partial charge in [-0.2, -0.15) is 0 Å². The number of benzene rings is 4. The van der Waals surface area contributed by atoms with Crippen LogP contribution in [0.2, 0.25) is 5.02 Å². The van der Waals surface area contributed by atoms with E-state index < -0.39 is 0 Å². The highest BCUT2D eigenvalue weighted by Crippen LogP contribution is 2.29. The van der Waals surface area contributed by atoms with Crippen LogP contribution in [-0.2, 0) is 0 Å². The molecule has 1 heterocycles. The number of aromatic nitrogens is 1. The van der Waals surface area contributed by atoms with E-state index in [1.807, 2.05) is 72.8 Å². The monoisotopic (exact) mass is 408 g/mol. The molecular weight excluding hydrogens is 392 g/mol. The third-order valence-corrected chi connectivity index (χ3v) is 5.09. The Bertz CT molecular complexity index is 1400. The molecule has 0 saturated heterocycles. The second-order valence-corrected chi connectivity index (χ2v) is 7.36. The minimum absolute atomic E-state index is 0.611. The molecule has 0 saturated carbocycles. The fraction of sp³-hybridized carbons (Fsp3) is 0. The minimum atomic E-state index is 0.611. The van der Waals surface area contributed by atoms with Crippen molar-refractivity contribution in [2.75, 3.05) is 0 Å². The first-order chi connectivity index (χ1) is 14.7. The molecule has 0 atom stereocenters. The van der Waals surface area contributed by atoms with Crippen LogP contribution in [0.1, 0.15) is 5.56 Å². The molecule has 0 fully saturated rings. The zero-order chi connectivity index (χ0) is 20.3. The summed E-state index contributed by atoms with van der Waals surface area (Å²) in [6, 6.07) is 27.9. The van der Waals surface area contributed by atoms with Gasteiger partial charge in [-0.15, -0.1) is 0 Å². The van der Waals surface area contributed by atoms with E-state index in [2.05, 4.69) is 34.2 Å². The lowest BCUT2D eigenvalue weighted by atomic mass is 10.1. The Hall–Kier alpha value is -3.69. The first-order valence-electron chi connectivity index (χ1n) is 9.61. The van der Waals surface area contributed by atoms with Crippen LogP contribution in [0.4, 0.5) is 5.69 Å². The van der Waals surface area contributed by atoms with E-state index in [9.17, 15) is 0 Å². The number of allylic oxidation sites excluding steroid dienone is 1. The van der Waals surface area contributed by atoms with Crippen molar-refractivity contribution in [3.8, 4) is 11.5 Å². The van der Waals surface area contributed by atoms with Crippen LogP contribution in [0.5, 0.6) is 0 Å². The highest BCUT2D eigenvalue weighted by Gasteiger charge is 2.09. The lowest BCUT2D eigenvalue weighted by Gasteiger charge is -1.99. The van der Waals surface area contributed by atoms with E-state index in [4.69, 9.17) is 16.0 Å². The van der Waals surface area contributed by atoms with Crippen molar-refractivity contribution in [1.29, 1.82) is 0 Å². The summed E-state index contributed by atoms with van der Waals surface area (Å²) in [7, 11) is 0. The molecular formula is C26H17ClN2O. The standard InChI is InChI=1S/C26H17ClN2O/c27-22-11-7-18(8-12-22)4-3-15-28-23-13-14-25-24(17-23)29-26(30-25)21-10-9-19-5-1-2-6-20(19)16-21/h1-17H. The van der Waals surface area contributed by atoms with Gasteiger partial charge in [0.1, 0.15) is 5.52 Å². The lowest BCUT2D eigenvalue weighted by Crippen LogP contribution is -1.78. The van der Waals surface area contributed by atoms with Crippen molar-refractivity contribution in [3.05, 3.63) is 102 Å². The summed E-state index contributed by atoms with van der Waals surface area (Å²) in [5.41, 5.74) is 4.38. The van der Waals surface area contributed by atoms with Gasteiger partial charge in [0.25, 0.3) is 0 Å². The average Bonchev–Trinajstić information content (AvgIpc) is 3.21. The summed E-state index contributed by atoms with van der Waals surface area (Å²) >= 11 is 5.90. The molecule has 1 aromatic heterocycles. The Balaban J connectivity index is 1.38. The molecule has 144 valence electrons. The summed E-state index contributed by atoms with van der Waals surface area (Å²) in [5, 5.41) is 3.08. The number of hydrogen-bond acceptors (Lipinski definition) is 3. The van der Waals surface area contributed by atoms with Crippen LogP contribution in [-0.4, -0.2) is 11.2 Å². The number of oxazole rings is 1. The predicted molar refractivity (Wildman–Crippen MR) is 126 cm³/mol. The molecule has 0 N–H and O–H groups in total. The van der Waals surface area contributed by atoms with Crippen LogP contribution < -0.4 is 0 Å². The molecule has 4 aromatic carbocycles. The molecule has 5 aromatic rings. The zero-order valence-electron chi connectivity index (χ0n) is 16.0. The highest BCUT2D eigenvalue weighted by atomic mass is 35.5. The van der Waals surface area contributed by atoms with E-state index in [1.54, 1.807) is 6.21 Å². The molecule has 0 spiro atoms. The van der Waals surface area contributed by atoms with Crippen LogP contribution >= 0.6 is 11.6 Å². The van der Waals surface area contributed by atoms with Gasteiger partial charge in [0.2, 0.25) is 5.89 Å². The lowest BCUT2D eigenvalue weighted by molar-refractivity contribution is 0.620. The summed E-state index contributed by atoms with van der Waals surface area (Å²) < 4.78 is 5.96. The fourth-order valence-corrected chi connectivity index (χ4v) is 3.43. The second kappa shape index (κ2) is 7.97. The van der Waals surface area contributed by atoms with Crippen LogP contribution in [0.15, 0.2) is 100 Å². The van der Waals surface area contributed by atoms with E-state index >= 15 is 0 Å². The van der Waals surface area contributed by atoms with Gasteiger partial charge in [0.15, 0.2) is 5.58 Å². The number of hydrogen-bond donors (Lipinski definition) is 0. The van der Waals surface area contributed by atoms with Gasteiger partial charge in [-0.05, 0) is 64.9 Å². The topological polar surface area (TPSA) is 38.4 Å².